The van der Waals surface area contributed by atoms with Gasteiger partial charge in [-0.15, -0.1) is 0 Å². The maximum absolute atomic E-state index is 12.2. The number of amides is 1. The molecule has 3 heteroatoms. The summed E-state index contributed by atoms with van der Waals surface area (Å²) in [6.07, 6.45) is 2.51. The van der Waals surface area contributed by atoms with Crippen molar-refractivity contribution in [3.8, 4) is 0 Å². The summed E-state index contributed by atoms with van der Waals surface area (Å²) in [5.41, 5.74) is 4.31. The van der Waals surface area contributed by atoms with Gasteiger partial charge >= 0.3 is 0 Å². The molecule has 1 amide bonds. The summed E-state index contributed by atoms with van der Waals surface area (Å²) in [5, 5.41) is 3.03. The highest BCUT2D eigenvalue weighted by Crippen LogP contribution is 2.24. The first-order valence-corrected chi connectivity index (χ1v) is 8.92. The van der Waals surface area contributed by atoms with Crippen molar-refractivity contribution in [1.29, 1.82) is 0 Å². The van der Waals surface area contributed by atoms with E-state index >= 15 is 0 Å². The predicted molar refractivity (Wildman–Crippen MR) is 102 cm³/mol. The van der Waals surface area contributed by atoms with Crippen LogP contribution in [0.1, 0.15) is 48.2 Å². The molecule has 2 aromatic carbocycles. The highest BCUT2D eigenvalue weighted by Gasteiger charge is 2.15. The molecule has 0 atom stereocenters. The lowest BCUT2D eigenvalue weighted by Crippen LogP contribution is -2.25. The maximum atomic E-state index is 12.2. The van der Waals surface area contributed by atoms with Gasteiger partial charge in [-0.05, 0) is 43.5 Å². The number of hydrogen-bond acceptors (Lipinski definition) is 2. The molecular formula is C21H28N2O. The van der Waals surface area contributed by atoms with Gasteiger partial charge in [-0.2, -0.15) is 0 Å². The van der Waals surface area contributed by atoms with Crippen LogP contribution in [0, 0.1) is 6.92 Å². The first-order valence-electron chi connectivity index (χ1n) is 8.92. The van der Waals surface area contributed by atoms with E-state index in [1.807, 2.05) is 51.1 Å². The van der Waals surface area contributed by atoms with Crippen LogP contribution in [0.15, 0.2) is 48.5 Å². The van der Waals surface area contributed by atoms with Crippen LogP contribution in [-0.4, -0.2) is 19.0 Å². The van der Waals surface area contributed by atoms with E-state index in [1.165, 1.54) is 24.1 Å². The summed E-state index contributed by atoms with van der Waals surface area (Å²) < 4.78 is 0. The second-order valence-electron chi connectivity index (χ2n) is 5.87. The molecule has 3 rings (SSSR count). The zero-order chi connectivity index (χ0) is 17.4. The van der Waals surface area contributed by atoms with Crippen LogP contribution in [0.25, 0.3) is 0 Å². The fourth-order valence-electron chi connectivity index (χ4n) is 2.91. The van der Waals surface area contributed by atoms with Crippen molar-refractivity contribution < 1.29 is 4.79 Å². The topological polar surface area (TPSA) is 32.3 Å². The third-order valence-corrected chi connectivity index (χ3v) is 4.19. The first kappa shape index (κ1) is 18.1. The molecule has 1 heterocycles. The van der Waals surface area contributed by atoms with Crippen molar-refractivity contribution in [3.05, 3.63) is 65.2 Å². The molecule has 1 fully saturated rings. The molecule has 0 aromatic heterocycles. The van der Waals surface area contributed by atoms with Gasteiger partial charge in [-0.1, -0.05) is 49.7 Å². The number of aryl methyl sites for hydroxylation is 1. The number of nitrogens with one attached hydrogen (secondary N) is 1. The van der Waals surface area contributed by atoms with Gasteiger partial charge in [0.15, 0.2) is 0 Å². The second-order valence-corrected chi connectivity index (χ2v) is 5.87. The van der Waals surface area contributed by atoms with Crippen LogP contribution < -0.4 is 10.2 Å². The number of hydrogen-bond donors (Lipinski definition) is 1. The van der Waals surface area contributed by atoms with Gasteiger partial charge in [0.1, 0.15) is 0 Å². The lowest BCUT2D eigenvalue weighted by molar-refractivity contribution is 0.0951. The Morgan fingerprint density at radius 3 is 2.29 bits per heavy atom. The Morgan fingerprint density at radius 2 is 1.62 bits per heavy atom. The van der Waals surface area contributed by atoms with Gasteiger partial charge < -0.3 is 10.2 Å². The Hall–Kier alpha value is -2.29. The fourth-order valence-corrected chi connectivity index (χ4v) is 2.91. The zero-order valence-corrected chi connectivity index (χ0v) is 15.0. The van der Waals surface area contributed by atoms with E-state index < -0.39 is 0 Å². The molecule has 24 heavy (non-hydrogen) atoms. The van der Waals surface area contributed by atoms with E-state index in [9.17, 15) is 4.79 Å². The monoisotopic (exact) mass is 324 g/mol. The van der Waals surface area contributed by atoms with Gasteiger partial charge in [0, 0.05) is 30.9 Å². The minimum atomic E-state index is -0.0174. The average Bonchev–Trinajstić information content (AvgIpc) is 3.17. The molecule has 0 aliphatic carbocycles. The number of para-hydroxylation sites is 1. The van der Waals surface area contributed by atoms with E-state index in [2.05, 4.69) is 28.4 Å². The van der Waals surface area contributed by atoms with Crippen LogP contribution in [0.4, 0.5) is 5.69 Å². The standard InChI is InChI=1S/C19H22N2O.C2H6/c1-15-8-10-16(11-9-15)19(22)20-14-17-6-2-3-7-18(17)21-12-4-5-13-21;1-2/h2-3,6-11H,4-5,12-14H2,1H3,(H,20,22);1-2H3. The van der Waals surface area contributed by atoms with Crippen molar-refractivity contribution in [2.45, 2.75) is 40.2 Å². The van der Waals surface area contributed by atoms with Gasteiger partial charge in [0.25, 0.3) is 5.91 Å². The summed E-state index contributed by atoms with van der Waals surface area (Å²) in [5.74, 6) is -0.0174. The second kappa shape index (κ2) is 9.11. The lowest BCUT2D eigenvalue weighted by atomic mass is 10.1. The SMILES string of the molecule is CC.Cc1ccc(C(=O)NCc2ccccc2N2CCCC2)cc1. The number of benzene rings is 2. The molecule has 128 valence electrons. The Balaban J connectivity index is 0.00000100. The average molecular weight is 324 g/mol. The quantitative estimate of drug-likeness (QED) is 0.894. The van der Waals surface area contributed by atoms with Crippen molar-refractivity contribution in [2.24, 2.45) is 0 Å². The van der Waals surface area contributed by atoms with Crippen molar-refractivity contribution in [1.82, 2.24) is 5.32 Å². The minimum Gasteiger partial charge on any atom is -0.371 e. The molecule has 1 saturated heterocycles. The molecule has 0 radical (unpaired) electrons. The largest absolute Gasteiger partial charge is 0.371 e. The van der Waals surface area contributed by atoms with Gasteiger partial charge in [0.05, 0.1) is 0 Å². The number of nitrogens with zero attached hydrogens (tertiary/aromatic N) is 1. The van der Waals surface area contributed by atoms with Gasteiger partial charge in [-0.3, -0.25) is 4.79 Å². The zero-order valence-electron chi connectivity index (χ0n) is 15.0. The molecule has 2 aromatic rings. The van der Waals surface area contributed by atoms with E-state index in [0.717, 1.165) is 18.7 Å². The minimum absolute atomic E-state index is 0.0174. The molecule has 1 aliphatic rings. The van der Waals surface area contributed by atoms with E-state index in [4.69, 9.17) is 0 Å². The summed E-state index contributed by atoms with van der Waals surface area (Å²) in [4.78, 5) is 14.6. The third-order valence-electron chi connectivity index (χ3n) is 4.19. The summed E-state index contributed by atoms with van der Waals surface area (Å²) in [6.45, 7) is 8.82. The smallest absolute Gasteiger partial charge is 0.251 e. The number of anilines is 1. The third kappa shape index (κ3) is 4.60. The normalized spacial score (nSPS) is 13.2. The Labute approximate surface area is 145 Å². The van der Waals surface area contributed by atoms with Gasteiger partial charge in [-0.25, -0.2) is 0 Å². The fraction of sp³-hybridized carbons (Fsp3) is 0.381. The molecule has 0 unspecified atom stereocenters. The van der Waals surface area contributed by atoms with E-state index in [1.54, 1.807) is 0 Å². The molecule has 3 nitrogen and oxygen atoms in total. The van der Waals surface area contributed by atoms with Crippen LogP contribution >= 0.6 is 0 Å². The van der Waals surface area contributed by atoms with Crippen LogP contribution in [0.2, 0.25) is 0 Å². The van der Waals surface area contributed by atoms with Crippen LogP contribution in [0.5, 0.6) is 0 Å². The lowest BCUT2D eigenvalue weighted by Gasteiger charge is -2.21. The molecule has 0 spiro atoms. The van der Waals surface area contributed by atoms with Crippen LogP contribution in [-0.2, 0) is 6.54 Å². The Kier molecular flexibility index (Phi) is 6.86. The molecule has 0 saturated carbocycles. The highest BCUT2D eigenvalue weighted by atomic mass is 16.1. The number of carbonyl (C=O) groups excluding carboxylic acids is 1. The van der Waals surface area contributed by atoms with Crippen LogP contribution in [0.3, 0.4) is 0 Å². The maximum Gasteiger partial charge on any atom is 0.251 e. The number of carbonyl (C=O) groups is 1. The van der Waals surface area contributed by atoms with Crippen molar-refractivity contribution in [3.63, 3.8) is 0 Å². The van der Waals surface area contributed by atoms with Crippen molar-refractivity contribution in [2.75, 3.05) is 18.0 Å². The highest BCUT2D eigenvalue weighted by molar-refractivity contribution is 5.94. The summed E-state index contributed by atoms with van der Waals surface area (Å²) in [6, 6.07) is 16.0. The Bertz CT molecular complexity index is 643. The van der Waals surface area contributed by atoms with E-state index in [0.29, 0.717) is 12.1 Å². The predicted octanol–water partition coefficient (Wildman–Crippen LogP) is 4.55. The summed E-state index contributed by atoms with van der Waals surface area (Å²) >= 11 is 0. The first-order chi connectivity index (χ1) is 11.7. The summed E-state index contributed by atoms with van der Waals surface area (Å²) in [7, 11) is 0. The molecule has 1 N–H and O–H groups in total. The molecule has 1 aliphatic heterocycles. The molecule has 0 bridgehead atoms. The van der Waals surface area contributed by atoms with Crippen molar-refractivity contribution >= 4 is 11.6 Å². The number of rotatable bonds is 4. The van der Waals surface area contributed by atoms with Gasteiger partial charge in [0.2, 0.25) is 0 Å². The molecular weight excluding hydrogens is 296 g/mol. The Morgan fingerprint density at radius 1 is 1.00 bits per heavy atom. The van der Waals surface area contributed by atoms with E-state index in [-0.39, 0.29) is 5.91 Å².